The van der Waals surface area contributed by atoms with Crippen LogP contribution < -0.4 is 16.0 Å². The van der Waals surface area contributed by atoms with Gasteiger partial charge in [-0.2, -0.15) is 0 Å². The van der Waals surface area contributed by atoms with Crippen LogP contribution in [-0.2, 0) is 15.1 Å². The molecule has 0 aliphatic carbocycles. The molecule has 8 nitrogen and oxygen atoms in total. The van der Waals surface area contributed by atoms with Crippen LogP contribution in [0.3, 0.4) is 0 Å². The van der Waals surface area contributed by atoms with Gasteiger partial charge in [-0.25, -0.2) is 9.59 Å². The molecule has 1 aliphatic heterocycles. The molecular formula is C20H22N4O4. The van der Waals surface area contributed by atoms with Gasteiger partial charge in [0.1, 0.15) is 12.1 Å². The zero-order chi connectivity index (χ0) is 20.5. The molecule has 2 aromatic carbocycles. The topological polar surface area (TPSA) is 108 Å². The van der Waals surface area contributed by atoms with Gasteiger partial charge in [-0.3, -0.25) is 19.8 Å². The molecule has 1 heterocycles. The van der Waals surface area contributed by atoms with Crippen molar-refractivity contribution in [3.05, 3.63) is 48.0 Å². The van der Waals surface area contributed by atoms with Gasteiger partial charge < -0.3 is 10.6 Å². The predicted molar refractivity (Wildman–Crippen MR) is 103 cm³/mol. The van der Waals surface area contributed by atoms with Gasteiger partial charge in [-0.05, 0) is 43.2 Å². The second-order valence-corrected chi connectivity index (χ2v) is 7.18. The normalized spacial score (nSPS) is 19.1. The Bertz CT molecular complexity index is 972. The van der Waals surface area contributed by atoms with Gasteiger partial charge in [-0.1, -0.05) is 36.4 Å². The smallest absolute Gasteiger partial charge is 0.325 e. The first-order valence-corrected chi connectivity index (χ1v) is 8.94. The molecule has 1 aliphatic rings. The van der Waals surface area contributed by atoms with Crippen LogP contribution in [0.1, 0.15) is 26.3 Å². The molecule has 1 unspecified atom stereocenters. The lowest BCUT2D eigenvalue weighted by Crippen LogP contribution is -2.48. The van der Waals surface area contributed by atoms with Crippen molar-refractivity contribution in [2.75, 3.05) is 6.54 Å². The van der Waals surface area contributed by atoms with Gasteiger partial charge in [-0.15, -0.1) is 0 Å². The Morgan fingerprint density at radius 1 is 1.11 bits per heavy atom. The summed E-state index contributed by atoms with van der Waals surface area (Å²) in [6.45, 7) is 4.55. The van der Waals surface area contributed by atoms with E-state index in [1.165, 1.54) is 0 Å². The third-order valence-electron chi connectivity index (χ3n) is 4.58. The number of urea groups is 2. The van der Waals surface area contributed by atoms with Crippen LogP contribution in [0.5, 0.6) is 0 Å². The van der Waals surface area contributed by atoms with Crippen molar-refractivity contribution < 1.29 is 19.2 Å². The summed E-state index contributed by atoms with van der Waals surface area (Å²) in [4.78, 5) is 49.8. The number of carbonyl (C=O) groups excluding carboxylic acids is 4. The minimum absolute atomic E-state index is 0.152. The Morgan fingerprint density at radius 3 is 2.46 bits per heavy atom. The maximum atomic E-state index is 12.9. The summed E-state index contributed by atoms with van der Waals surface area (Å²) in [5.41, 5.74) is -0.674. The van der Waals surface area contributed by atoms with Crippen molar-refractivity contribution in [3.63, 3.8) is 0 Å². The van der Waals surface area contributed by atoms with Gasteiger partial charge >= 0.3 is 12.1 Å². The number of hydrogen-bond donors (Lipinski definition) is 3. The summed E-state index contributed by atoms with van der Waals surface area (Å²) in [6.07, 6.45) is 0. The van der Waals surface area contributed by atoms with Crippen LogP contribution in [0, 0.1) is 0 Å². The molecule has 0 bridgehead atoms. The summed E-state index contributed by atoms with van der Waals surface area (Å²) in [5, 5.41) is 9.22. The van der Waals surface area contributed by atoms with Gasteiger partial charge in [0.05, 0.1) is 0 Å². The fourth-order valence-electron chi connectivity index (χ4n) is 3.14. The van der Waals surface area contributed by atoms with Crippen LogP contribution in [0.2, 0.25) is 0 Å². The molecule has 0 saturated carbocycles. The molecule has 0 spiro atoms. The largest absolute Gasteiger partial charge is 0.336 e. The van der Waals surface area contributed by atoms with E-state index in [0.717, 1.165) is 15.7 Å². The third-order valence-corrected chi connectivity index (χ3v) is 4.58. The second-order valence-electron chi connectivity index (χ2n) is 7.18. The number of imide groups is 2. The zero-order valence-electron chi connectivity index (χ0n) is 15.9. The van der Waals surface area contributed by atoms with Crippen LogP contribution >= 0.6 is 0 Å². The number of nitrogens with one attached hydrogen (secondary N) is 3. The summed E-state index contributed by atoms with van der Waals surface area (Å²) >= 11 is 0. The first-order chi connectivity index (χ1) is 13.2. The molecule has 0 radical (unpaired) electrons. The SMILES string of the molecule is CC(C)NC(=O)NC(=O)CN1C(=O)NC(C)(c2ccc3ccccc3c2)C1=O. The molecule has 6 amide bonds. The molecule has 28 heavy (non-hydrogen) atoms. The van der Waals surface area contributed by atoms with Gasteiger partial charge in [0.2, 0.25) is 5.91 Å². The highest BCUT2D eigenvalue weighted by atomic mass is 16.2. The van der Waals surface area contributed by atoms with Crippen molar-refractivity contribution in [1.82, 2.24) is 20.9 Å². The van der Waals surface area contributed by atoms with Crippen LogP contribution in [0.25, 0.3) is 10.8 Å². The predicted octanol–water partition coefficient (Wildman–Crippen LogP) is 1.84. The van der Waals surface area contributed by atoms with Gasteiger partial charge in [0, 0.05) is 6.04 Å². The average molecular weight is 382 g/mol. The van der Waals surface area contributed by atoms with Crippen molar-refractivity contribution in [3.8, 4) is 0 Å². The van der Waals surface area contributed by atoms with E-state index in [4.69, 9.17) is 0 Å². The molecule has 8 heteroatoms. The Kier molecular flexibility index (Phi) is 5.04. The van der Waals surface area contributed by atoms with Crippen molar-refractivity contribution in [2.24, 2.45) is 0 Å². The lowest BCUT2D eigenvalue weighted by Gasteiger charge is -2.22. The van der Waals surface area contributed by atoms with Crippen molar-refractivity contribution in [2.45, 2.75) is 32.4 Å². The molecule has 1 atom stereocenters. The maximum Gasteiger partial charge on any atom is 0.325 e. The van der Waals surface area contributed by atoms with E-state index >= 15 is 0 Å². The third kappa shape index (κ3) is 3.66. The number of fused-ring (bicyclic) bond motifs is 1. The highest BCUT2D eigenvalue weighted by molar-refractivity contribution is 6.10. The number of rotatable bonds is 4. The van der Waals surface area contributed by atoms with Crippen LogP contribution in [-0.4, -0.2) is 41.4 Å². The number of nitrogens with zero attached hydrogens (tertiary/aromatic N) is 1. The van der Waals surface area contributed by atoms with Gasteiger partial charge in [0.15, 0.2) is 0 Å². The molecule has 1 fully saturated rings. The minimum atomic E-state index is -1.29. The molecular weight excluding hydrogens is 360 g/mol. The maximum absolute atomic E-state index is 12.9. The molecule has 3 N–H and O–H groups in total. The highest BCUT2D eigenvalue weighted by Crippen LogP contribution is 2.30. The number of carbonyl (C=O) groups is 4. The zero-order valence-corrected chi connectivity index (χ0v) is 15.9. The Hall–Kier alpha value is -3.42. The fraction of sp³-hybridized carbons (Fsp3) is 0.300. The standard InChI is InChI=1S/C20H22N4O4/c1-12(2)21-18(27)22-16(25)11-24-17(26)20(3,23-19(24)28)15-9-8-13-6-4-5-7-14(13)10-15/h4-10,12H,11H2,1-3H3,(H,23,28)(H2,21,22,25,27). The van der Waals surface area contributed by atoms with Crippen molar-refractivity contribution >= 4 is 34.6 Å². The molecule has 3 rings (SSSR count). The van der Waals surface area contributed by atoms with Crippen molar-refractivity contribution in [1.29, 1.82) is 0 Å². The second kappa shape index (κ2) is 7.30. The van der Waals surface area contributed by atoms with E-state index in [-0.39, 0.29) is 6.04 Å². The number of benzene rings is 2. The van der Waals surface area contributed by atoms with E-state index in [9.17, 15) is 19.2 Å². The summed E-state index contributed by atoms with van der Waals surface area (Å²) in [6, 6.07) is 11.7. The van der Waals surface area contributed by atoms with Crippen LogP contribution in [0.4, 0.5) is 9.59 Å². The van der Waals surface area contributed by atoms with E-state index in [2.05, 4.69) is 16.0 Å². The number of amides is 6. The van der Waals surface area contributed by atoms with E-state index in [1.807, 2.05) is 36.4 Å². The Morgan fingerprint density at radius 2 is 1.79 bits per heavy atom. The first kappa shape index (κ1) is 19.3. The fourth-order valence-corrected chi connectivity index (χ4v) is 3.14. The van der Waals surface area contributed by atoms with E-state index < -0.39 is 36.0 Å². The molecule has 146 valence electrons. The van der Waals surface area contributed by atoms with E-state index in [1.54, 1.807) is 26.8 Å². The summed E-state index contributed by atoms with van der Waals surface area (Å²) in [7, 11) is 0. The van der Waals surface area contributed by atoms with E-state index in [0.29, 0.717) is 5.56 Å². The molecule has 1 saturated heterocycles. The quantitative estimate of drug-likeness (QED) is 0.701. The summed E-state index contributed by atoms with van der Waals surface area (Å²) in [5.74, 6) is -1.29. The minimum Gasteiger partial charge on any atom is -0.336 e. The van der Waals surface area contributed by atoms with Gasteiger partial charge in [0.25, 0.3) is 5.91 Å². The molecule has 2 aromatic rings. The average Bonchev–Trinajstić information content (AvgIpc) is 2.84. The Labute approximate surface area is 162 Å². The highest BCUT2D eigenvalue weighted by Gasteiger charge is 2.49. The lowest BCUT2D eigenvalue weighted by molar-refractivity contribution is -0.134. The summed E-state index contributed by atoms with van der Waals surface area (Å²) < 4.78 is 0. The monoisotopic (exact) mass is 382 g/mol. The Balaban J connectivity index is 1.78. The van der Waals surface area contributed by atoms with Crippen LogP contribution in [0.15, 0.2) is 42.5 Å². The number of hydrogen-bond acceptors (Lipinski definition) is 4. The lowest BCUT2D eigenvalue weighted by atomic mass is 9.90. The first-order valence-electron chi connectivity index (χ1n) is 8.94. The molecule has 0 aromatic heterocycles.